The minimum atomic E-state index is -0.592. The number of esters is 1. The van der Waals surface area contributed by atoms with Crippen molar-refractivity contribution in [2.45, 2.75) is 71.6 Å². The zero-order valence-corrected chi connectivity index (χ0v) is 24.7. The molecule has 1 aromatic heterocycles. The van der Waals surface area contributed by atoms with Crippen LogP contribution in [0.25, 0.3) is 10.9 Å². The molecule has 1 aliphatic carbocycles. The SMILES string of the molecule is CNc1cc(C(=O)OC)ccc1[C@@H]1CC2(CCN1Cc1c(OC)cc(C)c3c1ccn3C(=O)OC(C)(C)C)CC2. The summed E-state index contributed by atoms with van der Waals surface area (Å²) in [5.41, 5.74) is 5.31. The van der Waals surface area contributed by atoms with E-state index in [1.54, 1.807) is 17.9 Å². The van der Waals surface area contributed by atoms with Crippen molar-refractivity contribution < 1.29 is 23.8 Å². The van der Waals surface area contributed by atoms with Crippen LogP contribution in [0.2, 0.25) is 0 Å². The Bertz CT molecular complexity index is 1450. The van der Waals surface area contributed by atoms with Crippen molar-refractivity contribution in [3.8, 4) is 5.75 Å². The standard InChI is InChI=1S/C32H41N3O5/c1-20-16-27(38-6)24(22-10-14-35(28(20)22)30(37)40-31(2,3)4)19-34-15-13-32(11-12-32)18-26(34)23-9-8-21(29(36)39-7)17-25(23)33-5/h8-10,14,16-17,26,33H,11-13,15,18-19H2,1-7H3/t26-/m0/s1. The fourth-order valence-electron chi connectivity index (χ4n) is 6.19. The Labute approximate surface area is 236 Å². The van der Waals surface area contributed by atoms with Gasteiger partial charge in [0.05, 0.1) is 25.3 Å². The lowest BCUT2D eigenvalue weighted by molar-refractivity contribution is 0.0542. The minimum Gasteiger partial charge on any atom is -0.496 e. The first-order valence-corrected chi connectivity index (χ1v) is 14.0. The number of aromatic nitrogens is 1. The zero-order chi connectivity index (χ0) is 28.8. The highest BCUT2D eigenvalue weighted by Crippen LogP contribution is 2.59. The van der Waals surface area contributed by atoms with Crippen LogP contribution in [-0.4, -0.2) is 54.9 Å². The van der Waals surface area contributed by atoms with Gasteiger partial charge in [-0.05, 0) is 101 Å². The van der Waals surface area contributed by atoms with Gasteiger partial charge < -0.3 is 19.5 Å². The average Bonchev–Trinajstić information content (AvgIpc) is 3.51. The highest BCUT2D eigenvalue weighted by Gasteiger charge is 2.48. The monoisotopic (exact) mass is 547 g/mol. The number of likely N-dealkylation sites (tertiary alicyclic amines) is 1. The Kier molecular flexibility index (Phi) is 7.33. The molecule has 5 rings (SSSR count). The van der Waals surface area contributed by atoms with Crippen LogP contribution in [-0.2, 0) is 16.0 Å². The third-order valence-electron chi connectivity index (χ3n) is 8.46. The van der Waals surface area contributed by atoms with Gasteiger partial charge in [-0.15, -0.1) is 0 Å². The van der Waals surface area contributed by atoms with Crippen LogP contribution in [0.1, 0.15) is 79.5 Å². The molecule has 1 saturated carbocycles. The molecular weight excluding hydrogens is 506 g/mol. The number of methoxy groups -OCH3 is 2. The molecule has 0 radical (unpaired) electrons. The molecule has 1 saturated heterocycles. The first-order valence-electron chi connectivity index (χ1n) is 14.0. The second kappa shape index (κ2) is 10.5. The average molecular weight is 548 g/mol. The van der Waals surface area contributed by atoms with Crippen LogP contribution >= 0.6 is 0 Å². The van der Waals surface area contributed by atoms with Crippen molar-refractivity contribution in [1.82, 2.24) is 9.47 Å². The summed E-state index contributed by atoms with van der Waals surface area (Å²) < 4.78 is 18.2. The van der Waals surface area contributed by atoms with Crippen molar-refractivity contribution in [2.24, 2.45) is 5.41 Å². The second-order valence-electron chi connectivity index (χ2n) is 12.3. The number of hydrogen-bond donors (Lipinski definition) is 1. The van der Waals surface area contributed by atoms with Gasteiger partial charge in [-0.3, -0.25) is 9.47 Å². The molecule has 1 atom stereocenters. The smallest absolute Gasteiger partial charge is 0.419 e. The van der Waals surface area contributed by atoms with E-state index in [1.807, 2.05) is 59.0 Å². The second-order valence-corrected chi connectivity index (χ2v) is 12.3. The molecule has 1 N–H and O–H groups in total. The van der Waals surface area contributed by atoms with Crippen LogP contribution in [0.3, 0.4) is 0 Å². The van der Waals surface area contributed by atoms with E-state index in [1.165, 1.54) is 25.5 Å². The summed E-state index contributed by atoms with van der Waals surface area (Å²) in [6, 6.07) is 10.00. The lowest BCUT2D eigenvalue weighted by Gasteiger charge is -2.41. The van der Waals surface area contributed by atoms with E-state index in [0.29, 0.717) is 17.5 Å². The number of piperidine rings is 1. The van der Waals surface area contributed by atoms with Crippen molar-refractivity contribution in [3.05, 3.63) is 58.8 Å². The predicted molar refractivity (Wildman–Crippen MR) is 156 cm³/mol. The summed E-state index contributed by atoms with van der Waals surface area (Å²) in [5, 5.41) is 4.31. The molecule has 214 valence electrons. The summed E-state index contributed by atoms with van der Waals surface area (Å²) >= 11 is 0. The number of nitrogens with zero attached hydrogens (tertiary/aromatic N) is 2. The van der Waals surface area contributed by atoms with Crippen molar-refractivity contribution in [2.75, 3.05) is 33.1 Å². The van der Waals surface area contributed by atoms with E-state index in [4.69, 9.17) is 14.2 Å². The number of benzene rings is 2. The summed E-state index contributed by atoms with van der Waals surface area (Å²) in [5.74, 6) is 0.468. The van der Waals surface area contributed by atoms with E-state index < -0.39 is 11.7 Å². The van der Waals surface area contributed by atoms with E-state index in [2.05, 4.69) is 16.3 Å². The molecular formula is C32H41N3O5. The normalized spacial score (nSPS) is 18.5. The molecule has 2 aromatic carbocycles. The van der Waals surface area contributed by atoms with Gasteiger partial charge in [0.25, 0.3) is 0 Å². The summed E-state index contributed by atoms with van der Waals surface area (Å²) in [6.45, 7) is 9.24. The Morgan fingerprint density at radius 1 is 1.10 bits per heavy atom. The molecule has 1 spiro atoms. The zero-order valence-electron chi connectivity index (χ0n) is 24.7. The Morgan fingerprint density at radius 3 is 2.48 bits per heavy atom. The predicted octanol–water partition coefficient (Wildman–Crippen LogP) is 6.69. The number of aryl methyl sites for hydroxylation is 1. The van der Waals surface area contributed by atoms with Crippen molar-refractivity contribution >= 4 is 28.7 Å². The molecule has 0 amide bonds. The molecule has 2 heterocycles. The summed E-state index contributed by atoms with van der Waals surface area (Å²) in [7, 11) is 5.00. The molecule has 1 aliphatic heterocycles. The summed E-state index contributed by atoms with van der Waals surface area (Å²) in [4.78, 5) is 27.8. The lowest BCUT2D eigenvalue weighted by Crippen LogP contribution is -2.37. The number of ether oxygens (including phenoxy) is 3. The molecule has 8 nitrogen and oxygen atoms in total. The van der Waals surface area contributed by atoms with Gasteiger partial charge in [0, 0.05) is 42.5 Å². The fraction of sp³-hybridized carbons (Fsp3) is 0.500. The number of hydrogen-bond acceptors (Lipinski definition) is 7. The Balaban J connectivity index is 1.55. The van der Waals surface area contributed by atoms with E-state index in [-0.39, 0.29) is 12.0 Å². The number of nitrogens with one attached hydrogen (secondary N) is 1. The van der Waals surface area contributed by atoms with Gasteiger partial charge in [-0.2, -0.15) is 0 Å². The van der Waals surface area contributed by atoms with Gasteiger partial charge in [-0.1, -0.05) is 6.07 Å². The fourth-order valence-corrected chi connectivity index (χ4v) is 6.19. The number of carbonyl (C=O) groups excluding carboxylic acids is 2. The van der Waals surface area contributed by atoms with Gasteiger partial charge in [-0.25, -0.2) is 9.59 Å². The van der Waals surface area contributed by atoms with Crippen molar-refractivity contribution in [3.63, 3.8) is 0 Å². The van der Waals surface area contributed by atoms with Gasteiger partial charge in [0.2, 0.25) is 0 Å². The van der Waals surface area contributed by atoms with Crippen LogP contribution in [0.4, 0.5) is 10.5 Å². The third kappa shape index (κ3) is 5.29. The molecule has 2 aliphatic rings. The maximum atomic E-state index is 13.1. The molecule has 0 unspecified atom stereocenters. The highest BCUT2D eigenvalue weighted by molar-refractivity contribution is 5.95. The van der Waals surface area contributed by atoms with Crippen LogP contribution in [0.15, 0.2) is 36.5 Å². The van der Waals surface area contributed by atoms with Crippen LogP contribution < -0.4 is 10.1 Å². The maximum Gasteiger partial charge on any atom is 0.419 e. The highest BCUT2D eigenvalue weighted by atomic mass is 16.6. The molecule has 0 bridgehead atoms. The Hall–Kier alpha value is -3.52. The number of rotatable bonds is 6. The van der Waals surface area contributed by atoms with E-state index in [0.717, 1.165) is 52.9 Å². The number of anilines is 1. The number of fused-ring (bicyclic) bond motifs is 1. The topological polar surface area (TPSA) is 82.0 Å². The number of carbonyl (C=O) groups is 2. The minimum absolute atomic E-state index is 0.166. The van der Waals surface area contributed by atoms with Gasteiger partial charge >= 0.3 is 12.1 Å². The molecule has 40 heavy (non-hydrogen) atoms. The first-order chi connectivity index (χ1) is 19.0. The van der Waals surface area contributed by atoms with Gasteiger partial charge in [0.15, 0.2) is 0 Å². The lowest BCUT2D eigenvalue weighted by atomic mass is 9.83. The van der Waals surface area contributed by atoms with Crippen molar-refractivity contribution in [1.29, 1.82) is 0 Å². The largest absolute Gasteiger partial charge is 0.496 e. The van der Waals surface area contributed by atoms with Crippen LogP contribution in [0, 0.1) is 12.3 Å². The first kappa shape index (κ1) is 28.0. The molecule has 3 aromatic rings. The third-order valence-corrected chi connectivity index (χ3v) is 8.46. The van der Waals surface area contributed by atoms with Crippen LogP contribution in [0.5, 0.6) is 5.75 Å². The molecule has 2 fully saturated rings. The quantitative estimate of drug-likeness (QED) is 0.345. The molecule has 8 heteroatoms. The Morgan fingerprint density at radius 2 is 1.85 bits per heavy atom. The maximum absolute atomic E-state index is 13.1. The summed E-state index contributed by atoms with van der Waals surface area (Å²) in [6.07, 6.45) is 6.17. The van der Waals surface area contributed by atoms with E-state index >= 15 is 0 Å². The van der Waals surface area contributed by atoms with Gasteiger partial charge in [0.1, 0.15) is 11.4 Å². The van der Waals surface area contributed by atoms with E-state index in [9.17, 15) is 9.59 Å².